The summed E-state index contributed by atoms with van der Waals surface area (Å²) in [5.74, 6) is 7.17. The van der Waals surface area contributed by atoms with E-state index in [9.17, 15) is 14.7 Å². The lowest BCUT2D eigenvalue weighted by Crippen LogP contribution is -2.73. The maximum absolute atomic E-state index is 12.9. The second kappa shape index (κ2) is 9.41. The van der Waals surface area contributed by atoms with Gasteiger partial charge in [-0.3, -0.25) is 9.59 Å². The first kappa shape index (κ1) is 21.7. The van der Waals surface area contributed by atoms with E-state index in [1.807, 2.05) is 30.3 Å². The summed E-state index contributed by atoms with van der Waals surface area (Å²) >= 11 is 0. The molecule has 2 saturated heterocycles. The van der Waals surface area contributed by atoms with E-state index in [2.05, 4.69) is 24.0 Å². The Hall–Kier alpha value is -3.10. The number of amides is 2. The molecule has 5 heteroatoms. The van der Waals surface area contributed by atoms with E-state index in [-0.39, 0.29) is 43.0 Å². The van der Waals surface area contributed by atoms with Gasteiger partial charge < -0.3 is 14.9 Å². The lowest BCUT2D eigenvalue weighted by Gasteiger charge is -2.58. The first-order chi connectivity index (χ1) is 16.2. The Morgan fingerprint density at radius 2 is 1.76 bits per heavy atom. The first-order valence-electron chi connectivity index (χ1n) is 12.0. The SMILES string of the molecule is O=C(c1ccccc1)N1CC(=O)N2[C@H](CO)[C@@H](c3ccc(C#CCC4CCCC4)cc3)[C@H]2C1. The van der Waals surface area contributed by atoms with E-state index in [1.165, 1.54) is 25.7 Å². The van der Waals surface area contributed by atoms with Crippen molar-refractivity contribution in [2.45, 2.75) is 50.1 Å². The van der Waals surface area contributed by atoms with Gasteiger partial charge in [0.15, 0.2) is 0 Å². The standard InChI is InChI=1S/C28H30N2O3/c31-19-25-27(22-15-13-21(14-16-22)10-6-9-20-7-4-5-8-20)24-17-29(18-26(32)30(24)25)28(33)23-11-2-1-3-12-23/h1-3,11-16,20,24-25,27,31H,4-5,7-9,17-19H2/t24-,25-,27+/m1/s1. The van der Waals surface area contributed by atoms with Crippen molar-refractivity contribution in [3.8, 4) is 11.8 Å². The summed E-state index contributed by atoms with van der Waals surface area (Å²) < 4.78 is 0. The zero-order valence-corrected chi connectivity index (χ0v) is 18.8. The number of piperazine rings is 1. The Morgan fingerprint density at radius 3 is 2.45 bits per heavy atom. The molecule has 2 amide bonds. The summed E-state index contributed by atoms with van der Waals surface area (Å²) in [5, 5.41) is 10.0. The quantitative estimate of drug-likeness (QED) is 0.738. The molecule has 3 aliphatic rings. The molecule has 3 fully saturated rings. The maximum atomic E-state index is 12.9. The van der Waals surface area contributed by atoms with Gasteiger partial charge in [0.25, 0.3) is 5.91 Å². The van der Waals surface area contributed by atoms with E-state index < -0.39 is 0 Å². The summed E-state index contributed by atoms with van der Waals surface area (Å²) in [5.41, 5.74) is 2.67. The molecule has 5 nitrogen and oxygen atoms in total. The largest absolute Gasteiger partial charge is 0.394 e. The molecule has 33 heavy (non-hydrogen) atoms. The van der Waals surface area contributed by atoms with Crippen LogP contribution in [0.2, 0.25) is 0 Å². The highest BCUT2D eigenvalue weighted by Gasteiger charge is 2.54. The predicted molar refractivity (Wildman–Crippen MR) is 126 cm³/mol. The predicted octanol–water partition coefficient (Wildman–Crippen LogP) is 3.43. The summed E-state index contributed by atoms with van der Waals surface area (Å²) in [7, 11) is 0. The van der Waals surface area contributed by atoms with E-state index in [0.717, 1.165) is 23.5 Å². The van der Waals surface area contributed by atoms with Crippen molar-refractivity contribution >= 4 is 11.8 Å². The topological polar surface area (TPSA) is 60.9 Å². The Bertz CT molecular complexity index is 1060. The third kappa shape index (κ3) is 4.28. The van der Waals surface area contributed by atoms with Crippen LogP contribution in [-0.4, -0.2) is 58.5 Å². The summed E-state index contributed by atoms with van der Waals surface area (Å²) in [6.07, 6.45) is 6.25. The third-order valence-corrected chi connectivity index (χ3v) is 7.45. The fourth-order valence-electron chi connectivity index (χ4n) is 5.72. The van der Waals surface area contributed by atoms with E-state index in [1.54, 1.807) is 21.9 Å². The van der Waals surface area contributed by atoms with Gasteiger partial charge in [0.05, 0.1) is 18.7 Å². The van der Waals surface area contributed by atoms with Gasteiger partial charge in [-0.05, 0) is 48.6 Å². The molecule has 3 atom stereocenters. The van der Waals surface area contributed by atoms with Crippen LogP contribution in [0.5, 0.6) is 0 Å². The highest BCUT2D eigenvalue weighted by molar-refractivity contribution is 5.97. The van der Waals surface area contributed by atoms with E-state index in [0.29, 0.717) is 12.1 Å². The number of fused-ring (bicyclic) bond motifs is 1. The number of hydrogen-bond acceptors (Lipinski definition) is 3. The molecular weight excluding hydrogens is 412 g/mol. The number of rotatable bonds is 4. The zero-order valence-electron chi connectivity index (χ0n) is 18.8. The van der Waals surface area contributed by atoms with Crippen molar-refractivity contribution < 1.29 is 14.7 Å². The summed E-state index contributed by atoms with van der Waals surface area (Å²) in [4.78, 5) is 29.2. The monoisotopic (exact) mass is 442 g/mol. The molecule has 0 aromatic heterocycles. The summed E-state index contributed by atoms with van der Waals surface area (Å²) in [6, 6.07) is 16.9. The zero-order chi connectivity index (χ0) is 22.8. The number of hydrogen-bond donors (Lipinski definition) is 1. The Morgan fingerprint density at radius 1 is 1.03 bits per heavy atom. The van der Waals surface area contributed by atoms with E-state index >= 15 is 0 Å². The molecule has 1 saturated carbocycles. The molecule has 0 unspecified atom stereocenters. The molecule has 2 heterocycles. The number of nitrogens with zero attached hydrogens (tertiary/aromatic N) is 2. The lowest BCUT2D eigenvalue weighted by atomic mass is 9.73. The van der Waals surface area contributed by atoms with Gasteiger partial charge in [-0.1, -0.05) is 55.0 Å². The van der Waals surface area contributed by atoms with Crippen LogP contribution < -0.4 is 0 Å². The number of carbonyl (C=O) groups excluding carboxylic acids is 2. The van der Waals surface area contributed by atoms with Crippen molar-refractivity contribution in [2.75, 3.05) is 19.7 Å². The number of benzene rings is 2. The number of aliphatic hydroxyl groups is 1. The molecule has 2 aliphatic heterocycles. The van der Waals surface area contributed by atoms with Crippen LogP contribution in [-0.2, 0) is 4.79 Å². The second-order valence-electron chi connectivity index (χ2n) is 9.47. The molecule has 170 valence electrons. The molecular formula is C28H30N2O3. The van der Waals surface area contributed by atoms with Gasteiger partial charge in [0.1, 0.15) is 6.54 Å². The maximum Gasteiger partial charge on any atom is 0.254 e. The number of aliphatic hydroxyl groups excluding tert-OH is 1. The average molecular weight is 443 g/mol. The third-order valence-electron chi connectivity index (χ3n) is 7.45. The Labute approximate surface area is 195 Å². The van der Waals surface area contributed by atoms with Gasteiger partial charge in [-0.15, -0.1) is 0 Å². The van der Waals surface area contributed by atoms with Gasteiger partial charge in [-0.2, -0.15) is 0 Å². The van der Waals surface area contributed by atoms with Crippen molar-refractivity contribution in [1.82, 2.24) is 9.80 Å². The van der Waals surface area contributed by atoms with Crippen LogP contribution in [0.3, 0.4) is 0 Å². The minimum absolute atomic E-state index is 0.00539. The van der Waals surface area contributed by atoms with Crippen LogP contribution in [0.15, 0.2) is 54.6 Å². The molecule has 2 aromatic rings. The van der Waals surface area contributed by atoms with Crippen LogP contribution in [0.25, 0.3) is 0 Å². The highest BCUT2D eigenvalue weighted by Crippen LogP contribution is 2.43. The van der Waals surface area contributed by atoms with Crippen molar-refractivity contribution in [3.63, 3.8) is 0 Å². The van der Waals surface area contributed by atoms with Crippen LogP contribution in [0, 0.1) is 17.8 Å². The normalized spacial score (nSPS) is 24.6. The molecule has 1 N–H and O–H groups in total. The first-order valence-corrected chi connectivity index (χ1v) is 12.0. The average Bonchev–Trinajstić information content (AvgIpc) is 3.35. The fourth-order valence-corrected chi connectivity index (χ4v) is 5.72. The molecule has 2 aromatic carbocycles. The molecule has 1 aliphatic carbocycles. The Kier molecular flexibility index (Phi) is 6.20. The van der Waals surface area contributed by atoms with Crippen LogP contribution >= 0.6 is 0 Å². The minimum Gasteiger partial charge on any atom is -0.394 e. The van der Waals surface area contributed by atoms with Crippen LogP contribution in [0.1, 0.15) is 59.5 Å². The molecule has 0 bridgehead atoms. The van der Waals surface area contributed by atoms with Crippen molar-refractivity contribution in [1.29, 1.82) is 0 Å². The minimum atomic E-state index is -0.240. The fraction of sp³-hybridized carbons (Fsp3) is 0.429. The van der Waals surface area contributed by atoms with Gasteiger partial charge in [0.2, 0.25) is 5.91 Å². The molecule has 0 radical (unpaired) electrons. The van der Waals surface area contributed by atoms with Crippen molar-refractivity contribution in [3.05, 3.63) is 71.3 Å². The van der Waals surface area contributed by atoms with Gasteiger partial charge >= 0.3 is 0 Å². The van der Waals surface area contributed by atoms with Crippen LogP contribution in [0.4, 0.5) is 0 Å². The Balaban J connectivity index is 1.30. The number of carbonyl (C=O) groups is 2. The molecule has 0 spiro atoms. The smallest absolute Gasteiger partial charge is 0.254 e. The summed E-state index contributed by atoms with van der Waals surface area (Å²) in [6.45, 7) is 0.453. The van der Waals surface area contributed by atoms with E-state index in [4.69, 9.17) is 0 Å². The van der Waals surface area contributed by atoms with Gasteiger partial charge in [0, 0.05) is 30.0 Å². The van der Waals surface area contributed by atoms with Gasteiger partial charge in [-0.25, -0.2) is 0 Å². The van der Waals surface area contributed by atoms with Crippen molar-refractivity contribution in [2.24, 2.45) is 5.92 Å². The highest BCUT2D eigenvalue weighted by atomic mass is 16.3. The lowest BCUT2D eigenvalue weighted by molar-refractivity contribution is -0.159. The second-order valence-corrected chi connectivity index (χ2v) is 9.47. The molecule has 5 rings (SSSR count).